The smallest absolute Gasteiger partial charge is 0.338 e. The van der Waals surface area contributed by atoms with Gasteiger partial charge in [-0.1, -0.05) is 81.4 Å². The number of carbonyl (C=O) groups excluding carboxylic acids is 3. The lowest BCUT2D eigenvalue weighted by molar-refractivity contribution is -0.131. The Morgan fingerprint density at radius 2 is 1.46 bits per heavy atom. The van der Waals surface area contributed by atoms with Gasteiger partial charge in [0.1, 0.15) is 6.10 Å². The average Bonchev–Trinajstić information content (AvgIpc) is 3.60. The van der Waals surface area contributed by atoms with Crippen molar-refractivity contribution in [1.29, 1.82) is 0 Å². The third kappa shape index (κ3) is 7.92. The number of rotatable bonds is 0. The van der Waals surface area contributed by atoms with Crippen LogP contribution >= 0.6 is 0 Å². The molecule has 3 aromatic rings. The highest BCUT2D eigenvalue weighted by molar-refractivity contribution is 5.92. The van der Waals surface area contributed by atoms with E-state index in [1.54, 1.807) is 18.5 Å². The van der Waals surface area contributed by atoms with Crippen molar-refractivity contribution in [2.45, 2.75) is 123 Å². The van der Waals surface area contributed by atoms with Crippen molar-refractivity contribution >= 4 is 30.2 Å². The standard InChI is InChI=1S/C50H61N5O4/c1-32-11-20-46(56)53-51-28-33-12-14-34(15-13-33)30-55-31-38-9-5-4-8-36(38)26-45(55)47(57)54-52-29-35-7-6-10-37(25-35)48(58)59-40-21-23-49(2)39(27-40)16-17-41-43-19-18-42(32)50(43,3)24-22-44(41)49/h4-10,12-15,25,28-29,32,39-45H,11,16-24,26-27,30-31H2,1-3H3,(H,53,56)(H,54,57)/b51-28+,52-29+/t32-,39-,40-,41+,42-,43+,44+,45+,49+,50-/m1/s1. The normalized spacial score (nSPS) is 36.3. The van der Waals surface area contributed by atoms with E-state index in [9.17, 15) is 14.4 Å². The summed E-state index contributed by atoms with van der Waals surface area (Å²) in [5.41, 5.74) is 11.8. The second kappa shape index (κ2) is 16.4. The number of hydrogen-bond donors (Lipinski definition) is 2. The summed E-state index contributed by atoms with van der Waals surface area (Å²) in [5, 5.41) is 8.69. The minimum absolute atomic E-state index is 0.0289. The maximum atomic E-state index is 13.8. The third-order valence-corrected chi connectivity index (χ3v) is 16.4. The molecule has 310 valence electrons. The highest BCUT2D eigenvalue weighted by atomic mass is 16.5. The Kier molecular flexibility index (Phi) is 11.1. The number of amides is 2. The van der Waals surface area contributed by atoms with E-state index in [4.69, 9.17) is 4.74 Å². The topological polar surface area (TPSA) is 112 Å². The molecule has 18 rings (SSSR count). The highest BCUT2D eigenvalue weighted by Gasteiger charge is 2.60. The largest absolute Gasteiger partial charge is 0.459 e. The number of esters is 1. The fraction of sp³-hybridized carbons (Fsp3) is 0.540. The summed E-state index contributed by atoms with van der Waals surface area (Å²) in [5.74, 6) is 3.45. The first kappa shape index (κ1) is 39.8. The molecule has 4 fully saturated rings. The minimum atomic E-state index is -0.419. The van der Waals surface area contributed by atoms with Crippen molar-refractivity contribution in [3.05, 3.63) is 106 Å². The van der Waals surface area contributed by atoms with Crippen LogP contribution in [0.15, 0.2) is 83.0 Å². The molecule has 2 N–H and O–H groups in total. The van der Waals surface area contributed by atoms with Crippen molar-refractivity contribution in [2.75, 3.05) is 0 Å². The van der Waals surface area contributed by atoms with Gasteiger partial charge in [-0.05, 0) is 157 Å². The Morgan fingerprint density at radius 1 is 0.712 bits per heavy atom. The second-order valence-electron chi connectivity index (χ2n) is 19.5. The zero-order valence-electron chi connectivity index (χ0n) is 35.1. The first-order valence-electron chi connectivity index (χ1n) is 22.4. The molecule has 9 heteroatoms. The fourth-order valence-electron chi connectivity index (χ4n) is 13.3. The van der Waals surface area contributed by atoms with Gasteiger partial charge in [0.2, 0.25) is 5.91 Å². The van der Waals surface area contributed by atoms with E-state index in [1.807, 2.05) is 42.5 Å². The monoisotopic (exact) mass is 795 g/mol. The second-order valence-corrected chi connectivity index (χ2v) is 19.5. The molecule has 2 amide bonds. The SMILES string of the molecule is C[C@@H]1CCC(=O)N/N=C/c2ccc(cc2)CN2Cc3ccccc3C[C@H]2C(=O)N/N=C/c2cccc(c2)C(=O)O[C@@H]2CC[C@@]3(C)[C@H](CC[C@@H]4[C@@H]3CC[C@]3(C)[C@@H]1CC[C@@H]43)C2. The summed E-state index contributed by atoms with van der Waals surface area (Å²) in [6, 6.07) is 23.3. The van der Waals surface area contributed by atoms with Gasteiger partial charge in [0.25, 0.3) is 5.91 Å². The number of nitrogens with one attached hydrogen (secondary N) is 2. The summed E-state index contributed by atoms with van der Waals surface area (Å²) >= 11 is 0. The quantitative estimate of drug-likeness (QED) is 0.221. The molecular weight excluding hydrogens is 735 g/mol. The molecule has 12 bridgehead atoms. The lowest BCUT2D eigenvalue weighted by Crippen LogP contribution is -2.54. The molecule has 4 saturated carbocycles. The number of carbonyl (C=O) groups is 3. The molecule has 59 heavy (non-hydrogen) atoms. The van der Waals surface area contributed by atoms with Crippen LogP contribution in [-0.4, -0.2) is 47.3 Å². The van der Waals surface area contributed by atoms with Crippen molar-refractivity contribution in [1.82, 2.24) is 15.8 Å². The first-order chi connectivity index (χ1) is 28.6. The van der Waals surface area contributed by atoms with E-state index in [-0.39, 0.29) is 29.3 Å². The maximum Gasteiger partial charge on any atom is 0.338 e. The van der Waals surface area contributed by atoms with Crippen LogP contribution in [0.2, 0.25) is 0 Å². The van der Waals surface area contributed by atoms with Gasteiger partial charge < -0.3 is 4.74 Å². The molecule has 3 aromatic carbocycles. The van der Waals surface area contributed by atoms with Crippen LogP contribution in [0.4, 0.5) is 0 Å². The van der Waals surface area contributed by atoms with Crippen LogP contribution in [-0.2, 0) is 33.8 Å². The molecule has 0 saturated heterocycles. The average molecular weight is 796 g/mol. The van der Waals surface area contributed by atoms with E-state index < -0.39 is 6.04 Å². The number of benzene rings is 3. The van der Waals surface area contributed by atoms with Gasteiger partial charge in [0.15, 0.2) is 0 Å². The Balaban J connectivity index is 0.951. The molecule has 11 aliphatic heterocycles. The zero-order valence-corrected chi connectivity index (χ0v) is 35.1. The predicted octanol–water partition coefficient (Wildman–Crippen LogP) is 8.83. The van der Waals surface area contributed by atoms with Crippen LogP contribution in [0.5, 0.6) is 0 Å². The number of hydrazone groups is 2. The van der Waals surface area contributed by atoms with Crippen molar-refractivity contribution in [3.63, 3.8) is 0 Å². The Morgan fingerprint density at radius 3 is 2.31 bits per heavy atom. The fourth-order valence-corrected chi connectivity index (χ4v) is 13.3. The molecule has 0 aromatic heterocycles. The van der Waals surface area contributed by atoms with Crippen LogP contribution in [0.1, 0.15) is 130 Å². The van der Waals surface area contributed by atoms with Gasteiger partial charge in [-0.3, -0.25) is 14.5 Å². The molecule has 4 aliphatic carbocycles. The summed E-state index contributed by atoms with van der Waals surface area (Å²) < 4.78 is 6.26. The summed E-state index contributed by atoms with van der Waals surface area (Å²) in [4.78, 5) is 42.6. The third-order valence-electron chi connectivity index (χ3n) is 16.4. The first-order valence-corrected chi connectivity index (χ1v) is 22.4. The Bertz CT molecular complexity index is 2120. The number of nitrogens with zero attached hydrogens (tertiary/aromatic N) is 3. The van der Waals surface area contributed by atoms with Gasteiger partial charge in [-0.25, -0.2) is 15.6 Å². The molecule has 15 aliphatic rings. The highest BCUT2D eigenvalue weighted by Crippen LogP contribution is 2.68. The van der Waals surface area contributed by atoms with Crippen molar-refractivity contribution < 1.29 is 19.1 Å². The minimum Gasteiger partial charge on any atom is -0.459 e. The van der Waals surface area contributed by atoms with Crippen LogP contribution in [0.3, 0.4) is 0 Å². The van der Waals surface area contributed by atoms with Crippen molar-refractivity contribution in [3.8, 4) is 0 Å². The van der Waals surface area contributed by atoms with Crippen LogP contribution < -0.4 is 10.9 Å². The van der Waals surface area contributed by atoms with Crippen molar-refractivity contribution in [2.24, 2.45) is 56.5 Å². The van der Waals surface area contributed by atoms with Gasteiger partial charge in [0.05, 0.1) is 24.0 Å². The van der Waals surface area contributed by atoms with E-state index in [2.05, 4.69) is 71.0 Å². The predicted molar refractivity (Wildman–Crippen MR) is 230 cm³/mol. The number of fused-ring (bicyclic) bond motifs is 1. The number of ether oxygens (including phenoxy) is 1. The Hall–Kier alpha value is -4.63. The van der Waals surface area contributed by atoms with E-state index in [0.717, 1.165) is 65.7 Å². The molecule has 9 nitrogen and oxygen atoms in total. The van der Waals surface area contributed by atoms with E-state index in [0.29, 0.717) is 54.7 Å². The molecule has 0 unspecified atom stereocenters. The lowest BCUT2D eigenvalue weighted by atomic mass is 9.44. The molecule has 0 spiro atoms. The lowest BCUT2D eigenvalue weighted by Gasteiger charge is -2.61. The zero-order chi connectivity index (χ0) is 40.7. The van der Waals surface area contributed by atoms with E-state index in [1.165, 1.54) is 44.1 Å². The Labute approximate surface area is 349 Å². The molecule has 0 radical (unpaired) electrons. The summed E-state index contributed by atoms with van der Waals surface area (Å²) in [7, 11) is 0. The van der Waals surface area contributed by atoms with Gasteiger partial charge in [0, 0.05) is 19.5 Å². The molecular formula is C50H61N5O4. The number of hydrogen-bond acceptors (Lipinski definition) is 7. The van der Waals surface area contributed by atoms with Crippen LogP contribution in [0.25, 0.3) is 0 Å². The van der Waals surface area contributed by atoms with Crippen LogP contribution in [0, 0.1) is 46.3 Å². The summed E-state index contributed by atoms with van der Waals surface area (Å²) in [6.45, 7) is 8.76. The molecule has 10 atom stereocenters. The maximum absolute atomic E-state index is 13.8. The molecule has 11 heterocycles. The van der Waals surface area contributed by atoms with E-state index >= 15 is 0 Å². The van der Waals surface area contributed by atoms with Gasteiger partial charge >= 0.3 is 5.97 Å². The van der Waals surface area contributed by atoms with Gasteiger partial charge in [-0.15, -0.1) is 0 Å². The summed E-state index contributed by atoms with van der Waals surface area (Å²) in [6.07, 6.45) is 15.8. The van der Waals surface area contributed by atoms with Gasteiger partial charge in [-0.2, -0.15) is 10.2 Å².